The van der Waals surface area contributed by atoms with Crippen molar-refractivity contribution in [2.24, 2.45) is 0 Å². The highest BCUT2D eigenvalue weighted by Gasteiger charge is 2.41. The van der Waals surface area contributed by atoms with Crippen LogP contribution >= 0.6 is 11.8 Å². The number of hydrogen-bond donors (Lipinski definition) is 1. The van der Waals surface area contributed by atoms with Gasteiger partial charge in [-0.25, -0.2) is 4.98 Å². The average molecular weight is 597 g/mol. The Labute approximate surface area is 248 Å². The molecule has 2 aromatic carbocycles. The molecular formula is C32H35F3N4O2S. The number of hydrogen-bond acceptors (Lipinski definition) is 5. The van der Waals surface area contributed by atoms with E-state index in [9.17, 15) is 22.8 Å². The summed E-state index contributed by atoms with van der Waals surface area (Å²) in [6, 6.07) is 17.4. The largest absolute Gasteiger partial charge is 0.389 e. The molecule has 1 saturated heterocycles. The normalized spacial score (nSPS) is 18.3. The average Bonchev–Trinajstić information content (AvgIpc) is 3.32. The second-order valence-corrected chi connectivity index (χ2v) is 11.7. The van der Waals surface area contributed by atoms with Gasteiger partial charge in [0.25, 0.3) is 0 Å². The van der Waals surface area contributed by atoms with Crippen LogP contribution in [0.15, 0.2) is 65.8 Å². The summed E-state index contributed by atoms with van der Waals surface area (Å²) >= 11 is 1.08. The molecule has 10 heteroatoms. The topological polar surface area (TPSA) is 65.5 Å². The number of benzene rings is 2. The van der Waals surface area contributed by atoms with Gasteiger partial charge in [0.1, 0.15) is 5.03 Å². The zero-order chi connectivity index (χ0) is 29.7. The molecule has 0 bridgehead atoms. The van der Waals surface area contributed by atoms with Crippen LogP contribution in [0.1, 0.15) is 62.5 Å². The third-order valence-electron chi connectivity index (χ3n) is 7.91. The maximum absolute atomic E-state index is 14.8. The van der Waals surface area contributed by atoms with E-state index in [2.05, 4.69) is 17.2 Å². The summed E-state index contributed by atoms with van der Waals surface area (Å²) in [6.45, 7) is 3.26. The molecule has 3 aromatic rings. The first-order valence-electron chi connectivity index (χ1n) is 14.5. The minimum absolute atomic E-state index is 0.0723. The number of fused-ring (bicyclic) bond motifs is 3. The molecular weight excluding hydrogens is 561 g/mol. The number of carbonyl (C=O) groups is 2. The second kappa shape index (κ2) is 13.3. The SMILES string of the molecule is CCCCN(C(=O)C1c2ccccc2-c2cccc(-c3cccnc3SCCC(F)(F)F)c21)N1CCCCC1NC=O. The Morgan fingerprint density at radius 2 is 1.81 bits per heavy atom. The number of pyridine rings is 1. The molecule has 2 aliphatic rings. The number of amides is 2. The lowest BCUT2D eigenvalue weighted by Gasteiger charge is -2.43. The van der Waals surface area contributed by atoms with Crippen molar-refractivity contribution < 1.29 is 22.8 Å². The van der Waals surface area contributed by atoms with Crippen molar-refractivity contribution in [3.8, 4) is 22.3 Å². The van der Waals surface area contributed by atoms with Gasteiger partial charge < -0.3 is 5.32 Å². The fraction of sp³-hybridized carbons (Fsp3) is 0.406. The lowest BCUT2D eigenvalue weighted by molar-refractivity contribution is -0.160. The number of aromatic nitrogens is 1. The smallest absolute Gasteiger partial charge is 0.342 e. The first-order chi connectivity index (χ1) is 20.3. The predicted octanol–water partition coefficient (Wildman–Crippen LogP) is 7.01. The van der Waals surface area contributed by atoms with Crippen LogP contribution in [-0.4, -0.2) is 58.5 Å². The Balaban J connectivity index is 1.60. The third kappa shape index (κ3) is 6.34. The van der Waals surface area contributed by atoms with Crippen molar-refractivity contribution in [2.45, 2.75) is 68.7 Å². The summed E-state index contributed by atoms with van der Waals surface area (Å²) in [4.78, 5) is 30.7. The number of unbranched alkanes of at least 4 members (excludes halogenated alkanes) is 1. The van der Waals surface area contributed by atoms with Crippen molar-refractivity contribution in [3.05, 3.63) is 71.9 Å². The number of thioether (sulfide) groups is 1. The minimum atomic E-state index is -4.25. The third-order valence-corrected chi connectivity index (χ3v) is 8.92. The number of piperidine rings is 1. The molecule has 1 aromatic heterocycles. The van der Waals surface area contributed by atoms with Gasteiger partial charge in [-0.2, -0.15) is 18.2 Å². The van der Waals surface area contributed by atoms with Gasteiger partial charge in [-0.1, -0.05) is 61.9 Å². The molecule has 6 nitrogen and oxygen atoms in total. The molecule has 2 atom stereocenters. The molecule has 222 valence electrons. The highest BCUT2D eigenvalue weighted by atomic mass is 32.2. The molecule has 0 spiro atoms. The van der Waals surface area contributed by atoms with Gasteiger partial charge in [0, 0.05) is 30.6 Å². The zero-order valence-electron chi connectivity index (χ0n) is 23.6. The van der Waals surface area contributed by atoms with E-state index in [-0.39, 0.29) is 17.8 Å². The van der Waals surface area contributed by atoms with Crippen LogP contribution < -0.4 is 5.32 Å². The predicted molar refractivity (Wildman–Crippen MR) is 159 cm³/mol. The van der Waals surface area contributed by atoms with E-state index >= 15 is 0 Å². The number of alkyl halides is 3. The van der Waals surface area contributed by atoms with Crippen molar-refractivity contribution in [1.29, 1.82) is 0 Å². The van der Waals surface area contributed by atoms with Gasteiger partial charge in [0.15, 0.2) is 0 Å². The summed E-state index contributed by atoms with van der Waals surface area (Å²) in [5.74, 6) is -0.830. The number of carbonyl (C=O) groups excluding carboxylic acids is 2. The number of nitrogens with zero attached hydrogens (tertiary/aromatic N) is 3. The first-order valence-corrected chi connectivity index (χ1v) is 15.5. The van der Waals surface area contributed by atoms with Crippen LogP contribution in [0.4, 0.5) is 13.2 Å². The second-order valence-electron chi connectivity index (χ2n) is 10.6. The Kier molecular flexibility index (Phi) is 9.53. The van der Waals surface area contributed by atoms with Crippen LogP contribution in [0, 0.1) is 0 Å². The van der Waals surface area contributed by atoms with Gasteiger partial charge in [-0.15, -0.1) is 11.8 Å². The Morgan fingerprint density at radius 1 is 1.07 bits per heavy atom. The summed E-state index contributed by atoms with van der Waals surface area (Å²) in [6.07, 6.45) is 1.21. The Hall–Kier alpha value is -3.37. The quantitative estimate of drug-likeness (QED) is 0.191. The monoisotopic (exact) mass is 596 g/mol. The minimum Gasteiger partial charge on any atom is -0.342 e. The van der Waals surface area contributed by atoms with Gasteiger partial charge in [-0.3, -0.25) is 14.6 Å². The van der Waals surface area contributed by atoms with Crippen LogP contribution in [0.25, 0.3) is 22.3 Å². The van der Waals surface area contributed by atoms with Crippen LogP contribution in [0.5, 0.6) is 0 Å². The van der Waals surface area contributed by atoms with Crippen molar-refractivity contribution in [2.75, 3.05) is 18.8 Å². The fourth-order valence-electron chi connectivity index (χ4n) is 6.00. The molecule has 2 amide bonds. The van der Waals surface area contributed by atoms with Crippen molar-refractivity contribution in [1.82, 2.24) is 20.3 Å². The molecule has 42 heavy (non-hydrogen) atoms. The molecule has 1 N–H and O–H groups in total. The van der Waals surface area contributed by atoms with Gasteiger partial charge >= 0.3 is 6.18 Å². The van der Waals surface area contributed by atoms with Gasteiger partial charge in [0.05, 0.1) is 18.5 Å². The lowest BCUT2D eigenvalue weighted by Crippen LogP contribution is -2.59. The van der Waals surface area contributed by atoms with Crippen LogP contribution in [-0.2, 0) is 9.59 Å². The number of hydrazine groups is 1. The summed E-state index contributed by atoms with van der Waals surface area (Å²) in [5.41, 5.74) is 5.16. The summed E-state index contributed by atoms with van der Waals surface area (Å²) < 4.78 is 38.8. The Morgan fingerprint density at radius 3 is 2.57 bits per heavy atom. The molecule has 0 radical (unpaired) electrons. The van der Waals surface area contributed by atoms with E-state index in [1.54, 1.807) is 12.3 Å². The standard InChI is InChI=1S/C32H35F3N4O2S/c1-2-3-18-39(38-19-7-6-15-27(38)37-21-40)31(41)29-24-11-5-4-10-22(24)23-12-8-13-25(28(23)29)26-14-9-17-36-30(26)42-20-16-32(33,34)35/h4-5,8-14,17,21,27,29H,2-3,6-7,15-16,18-20H2,1H3,(H,37,40). The van der Waals surface area contributed by atoms with Gasteiger partial charge in [0.2, 0.25) is 12.3 Å². The van der Waals surface area contributed by atoms with E-state index in [0.717, 1.165) is 71.7 Å². The van der Waals surface area contributed by atoms with E-state index < -0.39 is 18.5 Å². The van der Waals surface area contributed by atoms with E-state index in [4.69, 9.17) is 0 Å². The van der Waals surface area contributed by atoms with Crippen molar-refractivity contribution in [3.63, 3.8) is 0 Å². The summed E-state index contributed by atoms with van der Waals surface area (Å²) in [7, 11) is 0. The lowest BCUT2D eigenvalue weighted by atomic mass is 9.89. The summed E-state index contributed by atoms with van der Waals surface area (Å²) in [5, 5.41) is 7.26. The maximum Gasteiger partial charge on any atom is 0.389 e. The van der Waals surface area contributed by atoms with Crippen LogP contribution in [0.2, 0.25) is 0 Å². The zero-order valence-corrected chi connectivity index (χ0v) is 24.4. The van der Waals surface area contributed by atoms with E-state index in [0.29, 0.717) is 30.1 Å². The molecule has 2 unspecified atom stereocenters. The first kappa shape index (κ1) is 30.1. The molecule has 0 saturated carbocycles. The molecule has 1 aliphatic heterocycles. The van der Waals surface area contributed by atoms with Crippen molar-refractivity contribution >= 4 is 24.1 Å². The van der Waals surface area contributed by atoms with Crippen LogP contribution in [0.3, 0.4) is 0 Å². The molecule has 1 fully saturated rings. The molecule has 2 heterocycles. The van der Waals surface area contributed by atoms with Gasteiger partial charge in [-0.05, 0) is 59.6 Å². The number of rotatable bonds is 11. The number of nitrogens with one attached hydrogen (secondary N) is 1. The highest BCUT2D eigenvalue weighted by Crippen LogP contribution is 2.50. The highest BCUT2D eigenvalue weighted by molar-refractivity contribution is 7.99. The van der Waals surface area contributed by atoms with E-state index in [1.165, 1.54) is 0 Å². The Bertz CT molecular complexity index is 1420. The number of halogens is 3. The fourth-order valence-corrected chi connectivity index (χ4v) is 7.00. The maximum atomic E-state index is 14.8. The molecule has 5 rings (SSSR count). The van der Waals surface area contributed by atoms with E-state index in [1.807, 2.05) is 58.5 Å². The molecule has 1 aliphatic carbocycles.